The molecule has 2 nitrogen and oxygen atoms in total. The monoisotopic (exact) mass is 214 g/mol. The molecule has 0 spiro atoms. The molecule has 0 aromatic heterocycles. The minimum Gasteiger partial charge on any atom is -0.480 e. The highest BCUT2D eigenvalue weighted by Crippen LogP contribution is 2.40. The summed E-state index contributed by atoms with van der Waals surface area (Å²) >= 11 is 0. The highest BCUT2D eigenvalue weighted by Gasteiger charge is 2.42. The smallest absolute Gasteiger partial charge is 0.318 e. The first-order valence-electron chi connectivity index (χ1n) is 5.24. The molecule has 2 heteroatoms. The Hall–Kier alpha value is -1.83. The Kier molecular flexibility index (Phi) is 2.43. The van der Waals surface area contributed by atoms with Crippen LogP contribution < -0.4 is 0 Å². The summed E-state index contributed by atoms with van der Waals surface area (Å²) < 4.78 is 0. The summed E-state index contributed by atoms with van der Waals surface area (Å²) in [5.41, 5.74) is 1.54. The van der Waals surface area contributed by atoms with Crippen molar-refractivity contribution in [3.8, 4) is 0 Å². The Bertz CT molecular complexity index is 469. The third-order valence-electron chi connectivity index (χ3n) is 3.24. The zero-order valence-corrected chi connectivity index (χ0v) is 9.23. The Morgan fingerprint density at radius 1 is 1.44 bits per heavy atom. The number of allylic oxidation sites excluding steroid dienone is 1. The van der Waals surface area contributed by atoms with Gasteiger partial charge in [-0.1, -0.05) is 48.6 Å². The van der Waals surface area contributed by atoms with Crippen molar-refractivity contribution in [1.82, 2.24) is 0 Å². The van der Waals surface area contributed by atoms with Gasteiger partial charge in [0.25, 0.3) is 0 Å². The number of carboxylic acids is 1. The van der Waals surface area contributed by atoms with Crippen molar-refractivity contribution in [2.75, 3.05) is 0 Å². The molecule has 1 N–H and O–H groups in total. The second-order valence-corrected chi connectivity index (χ2v) is 4.18. The molecule has 1 aliphatic carbocycles. The van der Waals surface area contributed by atoms with E-state index < -0.39 is 11.4 Å². The summed E-state index contributed by atoms with van der Waals surface area (Å²) in [7, 11) is 0. The van der Waals surface area contributed by atoms with Gasteiger partial charge in [-0.25, -0.2) is 0 Å². The van der Waals surface area contributed by atoms with E-state index in [1.54, 1.807) is 6.92 Å². The van der Waals surface area contributed by atoms with Crippen molar-refractivity contribution >= 4 is 12.0 Å². The average molecular weight is 214 g/mol. The van der Waals surface area contributed by atoms with Gasteiger partial charge >= 0.3 is 5.97 Å². The van der Waals surface area contributed by atoms with Crippen LogP contribution in [0.25, 0.3) is 6.08 Å². The summed E-state index contributed by atoms with van der Waals surface area (Å²) in [5.74, 6) is -0.822. The molecule has 0 saturated carbocycles. The van der Waals surface area contributed by atoms with Crippen LogP contribution in [0, 0.1) is 0 Å². The van der Waals surface area contributed by atoms with Crippen molar-refractivity contribution in [3.05, 3.63) is 53.6 Å². The number of carbonyl (C=O) groups is 1. The molecule has 1 aliphatic rings. The number of aliphatic carboxylic acids is 1. The Morgan fingerprint density at radius 3 is 2.75 bits per heavy atom. The maximum atomic E-state index is 11.6. The normalized spacial score (nSPS) is 22.6. The van der Waals surface area contributed by atoms with E-state index in [2.05, 4.69) is 6.58 Å². The van der Waals surface area contributed by atoms with Crippen LogP contribution in [0.4, 0.5) is 0 Å². The van der Waals surface area contributed by atoms with Gasteiger partial charge in [0, 0.05) is 0 Å². The summed E-state index contributed by atoms with van der Waals surface area (Å²) in [6.07, 6.45) is 4.36. The van der Waals surface area contributed by atoms with Crippen LogP contribution in [0.3, 0.4) is 0 Å². The molecule has 1 aromatic rings. The standard InChI is InChI=1S/C14H14O2/c1-10(2)14(13(15)16)9-5-7-11-6-3-4-8-12(11)14/h3-8H,1,9H2,2H3,(H,15,16). The summed E-state index contributed by atoms with van der Waals surface area (Å²) in [6, 6.07) is 7.60. The lowest BCUT2D eigenvalue weighted by molar-refractivity contribution is -0.142. The van der Waals surface area contributed by atoms with Gasteiger partial charge in [0.05, 0.1) is 0 Å². The fourth-order valence-corrected chi connectivity index (χ4v) is 2.29. The molecule has 16 heavy (non-hydrogen) atoms. The van der Waals surface area contributed by atoms with Crippen LogP contribution in [0.15, 0.2) is 42.5 Å². The van der Waals surface area contributed by atoms with Crippen molar-refractivity contribution in [1.29, 1.82) is 0 Å². The molecule has 1 aromatic carbocycles. The van der Waals surface area contributed by atoms with Crippen LogP contribution in [-0.4, -0.2) is 11.1 Å². The maximum Gasteiger partial charge on any atom is 0.318 e. The van der Waals surface area contributed by atoms with E-state index in [-0.39, 0.29) is 0 Å². The maximum absolute atomic E-state index is 11.6. The van der Waals surface area contributed by atoms with Gasteiger partial charge in [-0.2, -0.15) is 0 Å². The van der Waals surface area contributed by atoms with Crippen LogP contribution >= 0.6 is 0 Å². The zero-order valence-electron chi connectivity index (χ0n) is 9.23. The summed E-state index contributed by atoms with van der Waals surface area (Å²) in [6.45, 7) is 5.64. The van der Waals surface area contributed by atoms with Crippen molar-refractivity contribution in [2.45, 2.75) is 18.8 Å². The van der Waals surface area contributed by atoms with Crippen molar-refractivity contribution in [2.24, 2.45) is 0 Å². The van der Waals surface area contributed by atoms with Gasteiger partial charge < -0.3 is 5.11 Å². The SMILES string of the molecule is C=C(C)C1(C(=O)O)CC=Cc2ccccc21. The number of hydrogen-bond acceptors (Lipinski definition) is 1. The predicted molar refractivity (Wildman–Crippen MR) is 64.2 cm³/mol. The number of hydrogen-bond donors (Lipinski definition) is 1. The van der Waals surface area contributed by atoms with Crippen LogP contribution in [0.2, 0.25) is 0 Å². The topological polar surface area (TPSA) is 37.3 Å². The lowest BCUT2D eigenvalue weighted by atomic mass is 9.69. The predicted octanol–water partition coefficient (Wildman–Crippen LogP) is 3.00. The van der Waals surface area contributed by atoms with Crippen LogP contribution in [0.1, 0.15) is 24.5 Å². The van der Waals surface area contributed by atoms with E-state index >= 15 is 0 Å². The number of fused-ring (bicyclic) bond motifs is 1. The molecular weight excluding hydrogens is 200 g/mol. The van der Waals surface area contributed by atoms with E-state index in [4.69, 9.17) is 0 Å². The zero-order chi connectivity index (χ0) is 11.8. The molecule has 0 heterocycles. The van der Waals surface area contributed by atoms with E-state index in [0.29, 0.717) is 12.0 Å². The molecule has 0 amide bonds. The number of benzene rings is 1. The van der Waals surface area contributed by atoms with E-state index in [0.717, 1.165) is 11.1 Å². The first-order valence-corrected chi connectivity index (χ1v) is 5.24. The third kappa shape index (κ3) is 1.30. The van der Waals surface area contributed by atoms with E-state index in [1.165, 1.54) is 0 Å². The highest BCUT2D eigenvalue weighted by atomic mass is 16.4. The van der Waals surface area contributed by atoms with Crippen LogP contribution in [0.5, 0.6) is 0 Å². The second kappa shape index (κ2) is 3.63. The number of rotatable bonds is 2. The van der Waals surface area contributed by atoms with Gasteiger partial charge in [0.2, 0.25) is 0 Å². The largest absolute Gasteiger partial charge is 0.480 e. The molecule has 0 bridgehead atoms. The molecule has 0 aliphatic heterocycles. The minimum atomic E-state index is -0.953. The Morgan fingerprint density at radius 2 is 2.12 bits per heavy atom. The summed E-state index contributed by atoms with van der Waals surface area (Å²) in [5, 5.41) is 9.51. The van der Waals surface area contributed by atoms with E-state index in [1.807, 2.05) is 36.4 Å². The van der Waals surface area contributed by atoms with Gasteiger partial charge in [0.1, 0.15) is 5.41 Å². The molecule has 1 atom stereocenters. The van der Waals surface area contributed by atoms with Crippen LogP contribution in [-0.2, 0) is 10.2 Å². The molecular formula is C14H14O2. The van der Waals surface area contributed by atoms with E-state index in [9.17, 15) is 9.90 Å². The van der Waals surface area contributed by atoms with Gasteiger partial charge in [-0.15, -0.1) is 0 Å². The first-order chi connectivity index (χ1) is 7.59. The third-order valence-corrected chi connectivity index (χ3v) is 3.24. The quantitative estimate of drug-likeness (QED) is 0.768. The summed E-state index contributed by atoms with van der Waals surface area (Å²) in [4.78, 5) is 11.6. The average Bonchev–Trinajstić information content (AvgIpc) is 2.27. The van der Waals surface area contributed by atoms with Gasteiger partial charge in [0.15, 0.2) is 0 Å². The second-order valence-electron chi connectivity index (χ2n) is 4.18. The fourth-order valence-electron chi connectivity index (χ4n) is 2.29. The van der Waals surface area contributed by atoms with Crippen molar-refractivity contribution in [3.63, 3.8) is 0 Å². The van der Waals surface area contributed by atoms with Crippen molar-refractivity contribution < 1.29 is 9.90 Å². The highest BCUT2D eigenvalue weighted by molar-refractivity contribution is 5.88. The molecule has 82 valence electrons. The Labute approximate surface area is 94.9 Å². The Balaban J connectivity index is 2.71. The molecule has 0 fully saturated rings. The molecule has 2 rings (SSSR count). The number of carboxylic acid groups (broad SMARTS) is 1. The van der Waals surface area contributed by atoms with Gasteiger partial charge in [-0.05, 0) is 24.5 Å². The van der Waals surface area contributed by atoms with Gasteiger partial charge in [-0.3, -0.25) is 4.79 Å². The lowest BCUT2D eigenvalue weighted by Crippen LogP contribution is -2.38. The molecule has 0 radical (unpaired) electrons. The fraction of sp³-hybridized carbons (Fsp3) is 0.214. The first kappa shape index (κ1) is 10.7. The lowest BCUT2D eigenvalue weighted by Gasteiger charge is -2.33. The molecule has 1 unspecified atom stereocenters. The minimum absolute atomic E-state index is 0.481. The molecule has 0 saturated heterocycles.